The van der Waals surface area contributed by atoms with Crippen LogP contribution in [0.4, 0.5) is 4.79 Å². The van der Waals surface area contributed by atoms with E-state index in [9.17, 15) is 13.2 Å². The van der Waals surface area contributed by atoms with Crippen molar-refractivity contribution in [3.63, 3.8) is 0 Å². The molecule has 0 aromatic carbocycles. The Balaban J connectivity index is 2.60. The van der Waals surface area contributed by atoms with Crippen LogP contribution < -0.4 is 0 Å². The number of carbonyl (C=O) groups excluding carboxylic acids is 1. The normalized spacial score (nSPS) is 23.2. The molecule has 76 valence electrons. The Kier molecular flexibility index (Phi) is 2.77. The topological polar surface area (TPSA) is 83.9 Å². The maximum atomic E-state index is 11.0. The van der Waals surface area contributed by atoms with Crippen molar-refractivity contribution in [2.75, 3.05) is 19.3 Å². The van der Waals surface area contributed by atoms with E-state index in [0.29, 0.717) is 13.0 Å². The van der Waals surface area contributed by atoms with E-state index in [1.807, 2.05) is 0 Å². The van der Waals surface area contributed by atoms with Gasteiger partial charge in [0.15, 0.2) is 9.84 Å². The van der Waals surface area contributed by atoms with Crippen molar-refractivity contribution in [1.82, 2.24) is 4.90 Å². The summed E-state index contributed by atoms with van der Waals surface area (Å²) in [5.41, 5.74) is 0. The van der Waals surface area contributed by atoms with Crippen molar-refractivity contribution in [2.45, 2.75) is 11.7 Å². The number of likely N-dealkylation sites (tertiary alicyclic amines) is 1. The Morgan fingerprint density at radius 1 is 1.62 bits per heavy atom. The third kappa shape index (κ3) is 2.31. The van der Waals surface area contributed by atoms with Crippen molar-refractivity contribution < 1.29 is 23.4 Å². The molecule has 1 atom stereocenters. The molecule has 1 heterocycles. The molecule has 0 bridgehead atoms. The van der Waals surface area contributed by atoms with Gasteiger partial charge in [0.2, 0.25) is 0 Å². The van der Waals surface area contributed by atoms with Crippen molar-refractivity contribution in [3.8, 4) is 0 Å². The van der Waals surface area contributed by atoms with Crippen LogP contribution in [0.3, 0.4) is 0 Å². The van der Waals surface area contributed by atoms with E-state index < -0.39 is 21.2 Å². The second kappa shape index (κ2) is 3.51. The van der Waals surface area contributed by atoms with Gasteiger partial charge in [-0.1, -0.05) is 0 Å². The minimum absolute atomic E-state index is 0.0955. The molecule has 0 spiro atoms. The van der Waals surface area contributed by atoms with Gasteiger partial charge in [0.05, 0.1) is 5.25 Å². The lowest BCUT2D eigenvalue weighted by molar-refractivity contribution is -0.186. The summed E-state index contributed by atoms with van der Waals surface area (Å²) in [5.74, 6) is 0. The Labute approximate surface area is 75.9 Å². The van der Waals surface area contributed by atoms with Gasteiger partial charge in [-0.25, -0.2) is 13.2 Å². The fraction of sp³-hybridized carbons (Fsp3) is 0.833. The number of hydrogen-bond donors (Lipinski definition) is 1. The van der Waals surface area contributed by atoms with Crippen molar-refractivity contribution in [1.29, 1.82) is 0 Å². The lowest BCUT2D eigenvalue weighted by atomic mass is 10.4. The fourth-order valence-corrected chi connectivity index (χ4v) is 2.29. The van der Waals surface area contributed by atoms with Gasteiger partial charge in [0.1, 0.15) is 0 Å². The van der Waals surface area contributed by atoms with Crippen molar-refractivity contribution in [2.24, 2.45) is 0 Å². The molecule has 1 aliphatic rings. The molecule has 0 aromatic heterocycles. The molecule has 0 radical (unpaired) electrons. The number of carbonyl (C=O) groups is 1. The molecule has 1 unspecified atom stereocenters. The second-order valence-corrected chi connectivity index (χ2v) is 5.37. The smallest absolute Gasteiger partial charge is 0.305 e. The number of amides is 1. The predicted octanol–water partition coefficient (Wildman–Crippen LogP) is -0.285. The maximum Gasteiger partial charge on any atom is 0.441 e. The van der Waals surface area contributed by atoms with Gasteiger partial charge in [-0.15, -0.1) is 0 Å². The van der Waals surface area contributed by atoms with E-state index in [1.165, 1.54) is 0 Å². The summed E-state index contributed by atoms with van der Waals surface area (Å²) in [7, 11) is -3.11. The van der Waals surface area contributed by atoms with Gasteiger partial charge in [-0.05, 0) is 6.42 Å². The zero-order chi connectivity index (χ0) is 10.1. The summed E-state index contributed by atoms with van der Waals surface area (Å²) in [5, 5.41) is 7.51. The highest BCUT2D eigenvalue weighted by molar-refractivity contribution is 7.91. The average molecular weight is 209 g/mol. The first-order valence-corrected chi connectivity index (χ1v) is 5.70. The van der Waals surface area contributed by atoms with Crippen molar-refractivity contribution in [3.05, 3.63) is 0 Å². The predicted molar refractivity (Wildman–Crippen MR) is 43.9 cm³/mol. The van der Waals surface area contributed by atoms with Gasteiger partial charge in [0, 0.05) is 19.3 Å². The molecule has 6 nitrogen and oxygen atoms in total. The first-order valence-electron chi connectivity index (χ1n) is 3.74. The second-order valence-electron chi connectivity index (χ2n) is 3.04. The van der Waals surface area contributed by atoms with E-state index in [1.54, 1.807) is 0 Å². The van der Waals surface area contributed by atoms with Crippen LogP contribution in [0.15, 0.2) is 0 Å². The highest BCUT2D eigenvalue weighted by atomic mass is 32.2. The molecular weight excluding hydrogens is 198 g/mol. The first-order chi connectivity index (χ1) is 5.95. The molecule has 1 rings (SSSR count). The molecule has 1 aliphatic heterocycles. The average Bonchev–Trinajstić information content (AvgIpc) is 2.50. The zero-order valence-corrected chi connectivity index (χ0v) is 7.95. The summed E-state index contributed by atoms with van der Waals surface area (Å²) in [4.78, 5) is 15.4. The Morgan fingerprint density at radius 2 is 2.23 bits per heavy atom. The summed E-state index contributed by atoms with van der Waals surface area (Å²) in [6.07, 6.45) is 0.630. The third-order valence-electron chi connectivity index (χ3n) is 2.09. The van der Waals surface area contributed by atoms with E-state index >= 15 is 0 Å². The molecule has 1 saturated heterocycles. The van der Waals surface area contributed by atoms with E-state index in [-0.39, 0.29) is 6.54 Å². The monoisotopic (exact) mass is 209 g/mol. The van der Waals surface area contributed by atoms with Gasteiger partial charge in [-0.2, -0.15) is 5.26 Å². The zero-order valence-electron chi connectivity index (χ0n) is 7.13. The van der Waals surface area contributed by atoms with Gasteiger partial charge < -0.3 is 4.90 Å². The fourth-order valence-electron chi connectivity index (χ4n) is 1.30. The van der Waals surface area contributed by atoms with E-state index in [0.717, 1.165) is 11.2 Å². The molecule has 1 N–H and O–H groups in total. The first kappa shape index (κ1) is 10.3. The lowest BCUT2D eigenvalue weighted by Gasteiger charge is -2.11. The number of rotatable bonds is 1. The summed E-state index contributed by atoms with van der Waals surface area (Å²) in [6.45, 7) is 0.398. The van der Waals surface area contributed by atoms with Crippen LogP contribution in [-0.2, 0) is 14.7 Å². The standard InChI is InChI=1S/C6H11NO5S/c1-13(10,11)5-2-3-7(4-5)6(8)12-9/h5,9H,2-4H2,1H3. The molecule has 1 fully saturated rings. The van der Waals surface area contributed by atoms with Gasteiger partial charge >= 0.3 is 6.09 Å². The summed E-state index contributed by atoms with van der Waals surface area (Å²) >= 11 is 0. The Hall–Kier alpha value is -0.820. The van der Waals surface area contributed by atoms with Crippen LogP contribution in [0.5, 0.6) is 0 Å². The summed E-state index contributed by atoms with van der Waals surface area (Å²) < 4.78 is 22.1. The molecule has 13 heavy (non-hydrogen) atoms. The Morgan fingerprint density at radius 3 is 2.62 bits per heavy atom. The van der Waals surface area contributed by atoms with E-state index in [2.05, 4.69) is 4.89 Å². The minimum atomic E-state index is -3.11. The molecule has 1 amide bonds. The largest absolute Gasteiger partial charge is 0.441 e. The number of hydrogen-bond acceptors (Lipinski definition) is 5. The molecule has 0 aromatic rings. The number of nitrogens with zero attached hydrogens (tertiary/aromatic N) is 1. The van der Waals surface area contributed by atoms with Gasteiger partial charge in [0.25, 0.3) is 0 Å². The number of sulfone groups is 1. The summed E-state index contributed by atoms with van der Waals surface area (Å²) in [6, 6.07) is 0. The van der Waals surface area contributed by atoms with Crippen LogP contribution in [0.1, 0.15) is 6.42 Å². The maximum absolute atomic E-state index is 11.0. The van der Waals surface area contributed by atoms with Crippen LogP contribution >= 0.6 is 0 Å². The van der Waals surface area contributed by atoms with Crippen molar-refractivity contribution >= 4 is 15.9 Å². The van der Waals surface area contributed by atoms with Crippen LogP contribution in [0.25, 0.3) is 0 Å². The highest BCUT2D eigenvalue weighted by Crippen LogP contribution is 2.16. The van der Waals surface area contributed by atoms with Crippen LogP contribution in [0, 0.1) is 0 Å². The van der Waals surface area contributed by atoms with Gasteiger partial charge in [-0.3, -0.25) is 4.89 Å². The SMILES string of the molecule is CS(=O)(=O)C1CCN(C(=O)OO)C1. The molecule has 7 heteroatoms. The molecule has 0 saturated carbocycles. The molecular formula is C6H11NO5S. The minimum Gasteiger partial charge on any atom is -0.305 e. The Bertz CT molecular complexity index is 298. The van der Waals surface area contributed by atoms with Crippen LogP contribution in [0.2, 0.25) is 0 Å². The van der Waals surface area contributed by atoms with Crippen LogP contribution in [-0.4, -0.2) is 49.3 Å². The highest BCUT2D eigenvalue weighted by Gasteiger charge is 2.33. The third-order valence-corrected chi connectivity index (χ3v) is 3.68. The molecule has 0 aliphatic carbocycles. The quantitative estimate of drug-likeness (QED) is 0.474. The van der Waals surface area contributed by atoms with E-state index in [4.69, 9.17) is 5.26 Å². The lowest BCUT2D eigenvalue weighted by Crippen LogP contribution is -2.31.